The SMILES string of the molecule is Cc1ccc(-c2nnc(CCC(=O)N(C)[C@H](C)c3cccc([N+](=O)[O-])c3)o2)cc1. The second-order valence-electron chi connectivity index (χ2n) is 6.90. The Bertz CT molecular complexity index is 1010. The first-order valence-electron chi connectivity index (χ1n) is 9.24. The Labute approximate surface area is 168 Å². The van der Waals surface area contributed by atoms with Gasteiger partial charge < -0.3 is 9.32 Å². The topological polar surface area (TPSA) is 102 Å². The molecule has 1 atom stereocenters. The maximum atomic E-state index is 12.6. The number of benzene rings is 2. The Hall–Kier alpha value is -3.55. The van der Waals surface area contributed by atoms with Gasteiger partial charge in [0.25, 0.3) is 5.69 Å². The maximum absolute atomic E-state index is 12.6. The fraction of sp³-hybridized carbons (Fsp3) is 0.286. The van der Waals surface area contributed by atoms with Crippen LogP contribution in [0.15, 0.2) is 52.9 Å². The quantitative estimate of drug-likeness (QED) is 0.441. The lowest BCUT2D eigenvalue weighted by atomic mass is 10.1. The Balaban J connectivity index is 1.61. The Morgan fingerprint density at radius 3 is 2.62 bits per heavy atom. The molecule has 8 heteroatoms. The summed E-state index contributed by atoms with van der Waals surface area (Å²) in [6.45, 7) is 3.83. The monoisotopic (exact) mass is 394 g/mol. The first kappa shape index (κ1) is 20.2. The van der Waals surface area contributed by atoms with Crippen molar-refractivity contribution in [2.24, 2.45) is 0 Å². The molecule has 1 heterocycles. The number of hydrogen-bond acceptors (Lipinski definition) is 6. The molecule has 8 nitrogen and oxygen atoms in total. The zero-order valence-corrected chi connectivity index (χ0v) is 16.5. The van der Waals surface area contributed by atoms with Gasteiger partial charge in [-0.05, 0) is 31.5 Å². The summed E-state index contributed by atoms with van der Waals surface area (Å²) in [4.78, 5) is 24.6. The van der Waals surface area contributed by atoms with E-state index in [9.17, 15) is 14.9 Å². The highest BCUT2D eigenvalue weighted by Gasteiger charge is 2.20. The predicted octanol–water partition coefficient (Wildman–Crippen LogP) is 4.11. The van der Waals surface area contributed by atoms with Crippen molar-refractivity contribution in [3.8, 4) is 11.5 Å². The minimum atomic E-state index is -0.445. The highest BCUT2D eigenvalue weighted by Crippen LogP contribution is 2.24. The van der Waals surface area contributed by atoms with Crippen molar-refractivity contribution in [1.82, 2.24) is 15.1 Å². The fourth-order valence-corrected chi connectivity index (χ4v) is 2.90. The van der Waals surface area contributed by atoms with Crippen molar-refractivity contribution in [3.05, 3.63) is 75.7 Å². The van der Waals surface area contributed by atoms with Crippen LogP contribution in [0.2, 0.25) is 0 Å². The number of aryl methyl sites for hydroxylation is 2. The molecule has 0 saturated carbocycles. The van der Waals surface area contributed by atoms with E-state index in [0.29, 0.717) is 23.8 Å². The van der Waals surface area contributed by atoms with E-state index in [4.69, 9.17) is 4.42 Å². The van der Waals surface area contributed by atoms with Gasteiger partial charge in [-0.15, -0.1) is 10.2 Å². The zero-order valence-electron chi connectivity index (χ0n) is 16.5. The van der Waals surface area contributed by atoms with Crippen molar-refractivity contribution < 1.29 is 14.1 Å². The third-order valence-corrected chi connectivity index (χ3v) is 4.86. The number of hydrogen-bond donors (Lipinski definition) is 0. The van der Waals surface area contributed by atoms with Crippen LogP contribution in [0.3, 0.4) is 0 Å². The van der Waals surface area contributed by atoms with E-state index in [-0.39, 0.29) is 24.1 Å². The van der Waals surface area contributed by atoms with Crippen molar-refractivity contribution in [2.75, 3.05) is 7.05 Å². The van der Waals surface area contributed by atoms with Crippen LogP contribution in [0.5, 0.6) is 0 Å². The largest absolute Gasteiger partial charge is 0.421 e. The van der Waals surface area contributed by atoms with E-state index in [1.54, 1.807) is 24.1 Å². The highest BCUT2D eigenvalue weighted by molar-refractivity contribution is 5.76. The van der Waals surface area contributed by atoms with Crippen LogP contribution in [0.4, 0.5) is 5.69 Å². The van der Waals surface area contributed by atoms with Gasteiger partial charge in [-0.25, -0.2) is 0 Å². The molecular weight excluding hydrogens is 372 g/mol. The van der Waals surface area contributed by atoms with E-state index < -0.39 is 4.92 Å². The van der Waals surface area contributed by atoms with Gasteiger partial charge in [0.05, 0.1) is 11.0 Å². The summed E-state index contributed by atoms with van der Waals surface area (Å²) in [7, 11) is 1.68. The summed E-state index contributed by atoms with van der Waals surface area (Å²) in [5, 5.41) is 19.0. The molecule has 1 aromatic heterocycles. The van der Waals surface area contributed by atoms with Crippen LogP contribution in [0.25, 0.3) is 11.5 Å². The number of nitro groups is 1. The number of carbonyl (C=O) groups excluding carboxylic acids is 1. The summed E-state index contributed by atoms with van der Waals surface area (Å²) in [5.41, 5.74) is 2.68. The van der Waals surface area contributed by atoms with Gasteiger partial charge in [-0.1, -0.05) is 29.8 Å². The number of carbonyl (C=O) groups is 1. The van der Waals surface area contributed by atoms with Crippen LogP contribution in [-0.4, -0.2) is 33.0 Å². The molecule has 0 bridgehead atoms. The molecular formula is C21H22N4O4. The van der Waals surface area contributed by atoms with Crippen molar-refractivity contribution in [2.45, 2.75) is 32.7 Å². The van der Waals surface area contributed by atoms with Gasteiger partial charge in [-0.2, -0.15) is 0 Å². The molecule has 0 spiro atoms. The minimum Gasteiger partial charge on any atom is -0.421 e. The van der Waals surface area contributed by atoms with Crippen molar-refractivity contribution >= 4 is 11.6 Å². The first-order valence-corrected chi connectivity index (χ1v) is 9.24. The molecule has 0 unspecified atom stereocenters. The lowest BCUT2D eigenvalue weighted by molar-refractivity contribution is -0.384. The normalized spacial score (nSPS) is 11.8. The number of non-ortho nitro benzene ring substituents is 1. The van der Waals surface area contributed by atoms with Crippen LogP contribution in [0, 0.1) is 17.0 Å². The zero-order chi connectivity index (χ0) is 21.0. The molecule has 150 valence electrons. The summed E-state index contributed by atoms with van der Waals surface area (Å²) in [6.07, 6.45) is 0.523. The Morgan fingerprint density at radius 1 is 1.21 bits per heavy atom. The average Bonchev–Trinajstić information content (AvgIpc) is 3.20. The van der Waals surface area contributed by atoms with Crippen LogP contribution in [-0.2, 0) is 11.2 Å². The first-order chi connectivity index (χ1) is 13.8. The predicted molar refractivity (Wildman–Crippen MR) is 107 cm³/mol. The second kappa shape index (κ2) is 8.64. The van der Waals surface area contributed by atoms with Crippen LogP contribution in [0.1, 0.15) is 36.4 Å². The minimum absolute atomic E-state index is 0.00435. The molecule has 29 heavy (non-hydrogen) atoms. The van der Waals surface area contributed by atoms with Gasteiger partial charge in [0.2, 0.25) is 17.7 Å². The number of amides is 1. The molecule has 0 aliphatic rings. The average molecular weight is 394 g/mol. The molecule has 0 aliphatic heterocycles. The van der Waals surface area contributed by atoms with Gasteiger partial charge in [0.1, 0.15) is 0 Å². The summed E-state index contributed by atoms with van der Waals surface area (Å²) in [5.74, 6) is 0.704. The number of rotatable bonds is 7. The number of aromatic nitrogens is 2. The molecule has 3 aromatic rings. The summed E-state index contributed by atoms with van der Waals surface area (Å²) >= 11 is 0. The number of nitro benzene ring substituents is 1. The molecule has 0 fully saturated rings. The van der Waals surface area contributed by atoms with E-state index in [1.807, 2.05) is 38.1 Å². The maximum Gasteiger partial charge on any atom is 0.269 e. The van der Waals surface area contributed by atoms with Gasteiger partial charge in [0, 0.05) is 37.6 Å². The molecule has 0 N–H and O–H groups in total. The van der Waals surface area contributed by atoms with Crippen LogP contribution >= 0.6 is 0 Å². The standard InChI is InChI=1S/C21H22N4O4/c1-14-7-9-16(10-8-14)21-23-22-19(29-21)11-12-20(26)24(3)15(2)17-5-4-6-18(13-17)25(27)28/h4-10,13,15H,11-12H2,1-3H3/t15-/m1/s1. The van der Waals surface area contributed by atoms with Gasteiger partial charge in [0.15, 0.2) is 0 Å². The Morgan fingerprint density at radius 2 is 1.93 bits per heavy atom. The molecule has 0 radical (unpaired) electrons. The number of nitrogens with zero attached hydrogens (tertiary/aromatic N) is 4. The van der Waals surface area contributed by atoms with Gasteiger partial charge >= 0.3 is 0 Å². The van der Waals surface area contributed by atoms with Gasteiger partial charge in [-0.3, -0.25) is 14.9 Å². The molecule has 1 amide bonds. The highest BCUT2D eigenvalue weighted by atomic mass is 16.6. The van der Waals surface area contributed by atoms with E-state index in [2.05, 4.69) is 10.2 Å². The van der Waals surface area contributed by atoms with Crippen LogP contribution < -0.4 is 0 Å². The van der Waals surface area contributed by atoms with E-state index >= 15 is 0 Å². The van der Waals surface area contributed by atoms with Crippen molar-refractivity contribution in [3.63, 3.8) is 0 Å². The fourth-order valence-electron chi connectivity index (χ4n) is 2.90. The lowest BCUT2D eigenvalue weighted by Crippen LogP contribution is -2.29. The second-order valence-corrected chi connectivity index (χ2v) is 6.90. The lowest BCUT2D eigenvalue weighted by Gasteiger charge is -2.25. The summed E-state index contributed by atoms with van der Waals surface area (Å²) in [6, 6.07) is 13.8. The summed E-state index contributed by atoms with van der Waals surface area (Å²) < 4.78 is 5.66. The third-order valence-electron chi connectivity index (χ3n) is 4.86. The molecule has 0 saturated heterocycles. The molecule has 3 rings (SSSR count). The Kier molecular flexibility index (Phi) is 6.01. The molecule has 2 aromatic carbocycles. The van der Waals surface area contributed by atoms with Crippen molar-refractivity contribution in [1.29, 1.82) is 0 Å². The van der Waals surface area contributed by atoms with E-state index in [1.165, 1.54) is 12.1 Å². The smallest absolute Gasteiger partial charge is 0.269 e. The molecule has 0 aliphatic carbocycles. The third kappa shape index (κ3) is 4.84. The van der Waals surface area contributed by atoms with E-state index in [0.717, 1.165) is 11.1 Å².